The summed E-state index contributed by atoms with van der Waals surface area (Å²) in [6, 6.07) is 17.8. The fourth-order valence-corrected chi connectivity index (χ4v) is 4.33. The van der Waals surface area contributed by atoms with E-state index in [0.29, 0.717) is 44.6 Å². The first kappa shape index (κ1) is 25.3. The Balaban J connectivity index is 1.89. The van der Waals surface area contributed by atoms with E-state index in [1.54, 1.807) is 57.7 Å². The van der Waals surface area contributed by atoms with Crippen LogP contribution in [0, 0.1) is 0 Å². The molecule has 0 aromatic heterocycles. The van der Waals surface area contributed by atoms with E-state index in [1.165, 1.54) is 11.8 Å². The number of halogens is 1. The topological polar surface area (TPSA) is 83.5 Å². The van der Waals surface area contributed by atoms with E-state index < -0.39 is 24.3 Å². The van der Waals surface area contributed by atoms with Gasteiger partial charge in [-0.25, -0.2) is 0 Å². The van der Waals surface area contributed by atoms with Crippen LogP contribution in [0.25, 0.3) is 0 Å². The lowest BCUT2D eigenvalue weighted by atomic mass is 9.98. The zero-order valence-electron chi connectivity index (χ0n) is 20.3. The number of rotatable bonds is 7. The zero-order valence-corrected chi connectivity index (χ0v) is 21.1. The van der Waals surface area contributed by atoms with Crippen LogP contribution in [0.1, 0.15) is 29.7 Å². The number of methoxy groups -OCH3 is 3. The maximum absolute atomic E-state index is 13.8. The number of ether oxygens (including phenoxy) is 5. The van der Waals surface area contributed by atoms with Crippen LogP contribution >= 0.6 is 11.6 Å². The summed E-state index contributed by atoms with van der Waals surface area (Å²) in [6.07, 6.45) is -2.32. The van der Waals surface area contributed by atoms with Gasteiger partial charge in [0.2, 0.25) is 0 Å². The predicted octanol–water partition coefficient (Wildman–Crippen LogP) is 4.91. The maximum Gasteiger partial charge on any atom is 0.305 e. The summed E-state index contributed by atoms with van der Waals surface area (Å²) < 4.78 is 27.9. The number of fused-ring (bicyclic) bond motifs is 1. The summed E-state index contributed by atoms with van der Waals surface area (Å²) in [5, 5.41) is 0.456. The molecule has 0 N–H and O–H groups in total. The Hall–Kier alpha value is -3.75. The largest absolute Gasteiger partial charge is 0.497 e. The monoisotopic (exact) mass is 511 g/mol. The number of hydrogen-bond acceptors (Lipinski definition) is 7. The highest BCUT2D eigenvalue weighted by Crippen LogP contribution is 2.43. The molecule has 3 aromatic carbocycles. The lowest BCUT2D eigenvalue weighted by molar-refractivity contribution is -0.188. The summed E-state index contributed by atoms with van der Waals surface area (Å²) in [6.45, 7) is 1.33. The summed E-state index contributed by atoms with van der Waals surface area (Å²) in [7, 11) is 4.65. The van der Waals surface area contributed by atoms with Crippen molar-refractivity contribution in [3.63, 3.8) is 0 Å². The Morgan fingerprint density at radius 1 is 0.944 bits per heavy atom. The van der Waals surface area contributed by atoms with E-state index in [1.807, 2.05) is 24.3 Å². The third-order valence-electron chi connectivity index (χ3n) is 5.81. The number of para-hydroxylation sites is 1. The molecule has 36 heavy (non-hydrogen) atoms. The highest BCUT2D eigenvalue weighted by molar-refractivity contribution is 6.30. The molecule has 4 rings (SSSR count). The van der Waals surface area contributed by atoms with Gasteiger partial charge in [0.1, 0.15) is 23.4 Å². The van der Waals surface area contributed by atoms with Gasteiger partial charge in [0.25, 0.3) is 12.2 Å². The average Bonchev–Trinajstić information content (AvgIpc) is 2.98. The molecule has 1 aliphatic heterocycles. The van der Waals surface area contributed by atoms with Crippen molar-refractivity contribution in [1.29, 1.82) is 0 Å². The number of nitrogens with zero attached hydrogens (tertiary/aromatic N) is 1. The van der Waals surface area contributed by atoms with Crippen LogP contribution in [-0.4, -0.2) is 39.5 Å². The molecule has 0 fully saturated rings. The van der Waals surface area contributed by atoms with Gasteiger partial charge in [0.05, 0.1) is 33.6 Å². The molecule has 0 saturated heterocycles. The quantitative estimate of drug-likeness (QED) is 0.417. The van der Waals surface area contributed by atoms with E-state index in [0.717, 1.165) is 0 Å². The molecule has 0 bridgehead atoms. The molecule has 1 amide bonds. The maximum atomic E-state index is 13.8. The minimum absolute atomic E-state index is 0.112. The number of anilines is 1. The number of benzene rings is 3. The van der Waals surface area contributed by atoms with E-state index in [-0.39, 0.29) is 6.54 Å². The van der Waals surface area contributed by atoms with Crippen molar-refractivity contribution in [1.82, 2.24) is 0 Å². The Morgan fingerprint density at radius 3 is 2.39 bits per heavy atom. The number of esters is 1. The molecular weight excluding hydrogens is 486 g/mol. The molecule has 9 heteroatoms. The molecule has 0 aliphatic carbocycles. The van der Waals surface area contributed by atoms with Gasteiger partial charge >= 0.3 is 5.97 Å². The minimum atomic E-state index is -1.51. The molecule has 1 aliphatic rings. The van der Waals surface area contributed by atoms with Gasteiger partial charge < -0.3 is 28.6 Å². The van der Waals surface area contributed by atoms with Gasteiger partial charge in [-0.3, -0.25) is 9.59 Å². The van der Waals surface area contributed by atoms with Gasteiger partial charge in [0.15, 0.2) is 0 Å². The van der Waals surface area contributed by atoms with Gasteiger partial charge in [-0.1, -0.05) is 29.8 Å². The van der Waals surface area contributed by atoms with Crippen molar-refractivity contribution in [3.05, 3.63) is 82.4 Å². The van der Waals surface area contributed by atoms with E-state index in [9.17, 15) is 9.59 Å². The summed E-state index contributed by atoms with van der Waals surface area (Å²) in [5.41, 5.74) is 2.53. The first-order valence-corrected chi connectivity index (χ1v) is 11.5. The number of carbonyl (C=O) groups excluding carboxylic acids is 2. The van der Waals surface area contributed by atoms with Crippen LogP contribution in [0.15, 0.2) is 60.7 Å². The fraction of sp³-hybridized carbons (Fsp3) is 0.259. The van der Waals surface area contributed by atoms with E-state index in [2.05, 4.69) is 0 Å². The second-order valence-corrected chi connectivity index (χ2v) is 8.44. The minimum Gasteiger partial charge on any atom is -0.497 e. The van der Waals surface area contributed by atoms with Crippen molar-refractivity contribution in [3.8, 4) is 17.2 Å². The predicted molar refractivity (Wildman–Crippen MR) is 134 cm³/mol. The normalized spacial score (nSPS) is 17.1. The van der Waals surface area contributed by atoms with Gasteiger partial charge in [-0.05, 0) is 36.4 Å². The average molecular weight is 512 g/mol. The summed E-state index contributed by atoms with van der Waals surface area (Å²) >= 11 is 6.39. The highest BCUT2D eigenvalue weighted by atomic mass is 35.5. The number of carbonyl (C=O) groups is 2. The molecule has 3 aromatic rings. The zero-order chi connectivity index (χ0) is 25.8. The van der Waals surface area contributed by atoms with Crippen molar-refractivity contribution in [2.75, 3.05) is 26.2 Å². The summed E-state index contributed by atoms with van der Waals surface area (Å²) in [4.78, 5) is 27.2. The van der Waals surface area contributed by atoms with Crippen LogP contribution < -0.4 is 19.1 Å². The molecule has 2 unspecified atom stereocenters. The molecular formula is C27H26ClNO7. The van der Waals surface area contributed by atoms with Crippen molar-refractivity contribution >= 4 is 29.2 Å². The lowest BCUT2D eigenvalue weighted by Gasteiger charge is -2.25. The van der Waals surface area contributed by atoms with Crippen LogP contribution in [0.3, 0.4) is 0 Å². The van der Waals surface area contributed by atoms with Crippen LogP contribution in [0.5, 0.6) is 17.2 Å². The molecule has 188 valence electrons. The third kappa shape index (κ3) is 5.10. The van der Waals surface area contributed by atoms with E-state index >= 15 is 0 Å². The molecule has 8 nitrogen and oxygen atoms in total. The second-order valence-electron chi connectivity index (χ2n) is 8.00. The third-order valence-corrected chi connectivity index (χ3v) is 6.04. The standard InChI is InChI=1S/C27H26ClNO7/c1-16(30)35-27-26(31)29(15-17-9-11-19(32-2)14-24(17)34-4)22-12-10-18(28)13-21(22)25(36-27)20-7-5-6-8-23(20)33-3/h5-14,25,27H,15H2,1-4H3. The van der Waals surface area contributed by atoms with Crippen LogP contribution in [0.4, 0.5) is 5.69 Å². The molecule has 1 heterocycles. The molecule has 0 spiro atoms. The molecule has 0 saturated carbocycles. The fourth-order valence-electron chi connectivity index (χ4n) is 4.15. The van der Waals surface area contributed by atoms with E-state index in [4.69, 9.17) is 35.3 Å². The second kappa shape index (κ2) is 10.9. The first-order chi connectivity index (χ1) is 17.4. The SMILES string of the molecule is COc1ccc(CN2C(=O)C(OC(C)=O)OC(c3ccccc3OC)c3cc(Cl)ccc32)c(OC)c1. The molecule has 2 atom stereocenters. The van der Waals surface area contributed by atoms with Crippen molar-refractivity contribution in [2.24, 2.45) is 0 Å². The Morgan fingerprint density at radius 2 is 1.69 bits per heavy atom. The van der Waals surface area contributed by atoms with Gasteiger partial charge in [0, 0.05) is 34.7 Å². The Labute approximate surface area is 214 Å². The molecule has 0 radical (unpaired) electrons. The number of amides is 1. The Kier molecular flexibility index (Phi) is 7.67. The van der Waals surface area contributed by atoms with Crippen molar-refractivity contribution < 1.29 is 33.3 Å². The van der Waals surface area contributed by atoms with Crippen LogP contribution in [0.2, 0.25) is 5.02 Å². The van der Waals surface area contributed by atoms with Crippen molar-refractivity contribution in [2.45, 2.75) is 25.9 Å². The number of hydrogen-bond donors (Lipinski definition) is 0. The highest BCUT2D eigenvalue weighted by Gasteiger charge is 2.39. The first-order valence-electron chi connectivity index (χ1n) is 11.1. The summed E-state index contributed by atoms with van der Waals surface area (Å²) in [5.74, 6) is 0.491. The Bertz CT molecular complexity index is 1280. The smallest absolute Gasteiger partial charge is 0.305 e. The van der Waals surface area contributed by atoms with Crippen LogP contribution in [-0.2, 0) is 25.6 Å². The lowest BCUT2D eigenvalue weighted by Crippen LogP contribution is -2.41. The van der Waals surface area contributed by atoms with Gasteiger partial charge in [-0.15, -0.1) is 0 Å². The van der Waals surface area contributed by atoms with Gasteiger partial charge in [-0.2, -0.15) is 0 Å².